The Kier molecular flexibility index (Phi) is 5.78. The van der Waals surface area contributed by atoms with Gasteiger partial charge in [-0.05, 0) is 19.1 Å². The minimum Gasteiger partial charge on any atom is -0.463 e. The smallest absolute Gasteiger partial charge is 0.441 e. The fraction of sp³-hybridized carbons (Fsp3) is 0.429. The molecule has 0 saturated heterocycles. The molecule has 0 heterocycles. The number of halogens is 3. The number of alkyl halides is 3. The van der Waals surface area contributed by atoms with Crippen LogP contribution in [0, 0.1) is 0 Å². The number of carbonyl (C=O) groups excluding carboxylic acids is 2. The van der Waals surface area contributed by atoms with Crippen molar-refractivity contribution >= 4 is 17.6 Å². The Balaban J connectivity index is 3.30. The van der Waals surface area contributed by atoms with Crippen molar-refractivity contribution in [3.8, 4) is 0 Å². The van der Waals surface area contributed by atoms with E-state index in [2.05, 4.69) is 10.1 Å². The molecule has 0 aromatic heterocycles. The predicted octanol–water partition coefficient (Wildman–Crippen LogP) is 2.45. The summed E-state index contributed by atoms with van der Waals surface area (Å²) in [6.07, 6.45) is -5.31. The molecule has 0 aliphatic heterocycles. The Morgan fingerprint density at radius 1 is 1.14 bits per heavy atom. The molecule has 5 nitrogen and oxygen atoms in total. The fourth-order valence-electron chi connectivity index (χ4n) is 1.67. The van der Waals surface area contributed by atoms with E-state index in [0.717, 1.165) is 0 Å². The van der Waals surface area contributed by atoms with Crippen molar-refractivity contribution in [2.45, 2.75) is 32.1 Å². The molecule has 1 amide bonds. The van der Waals surface area contributed by atoms with Crippen molar-refractivity contribution in [3.05, 3.63) is 30.3 Å². The van der Waals surface area contributed by atoms with E-state index in [1.165, 1.54) is 38.1 Å². The van der Waals surface area contributed by atoms with Gasteiger partial charge in [-0.15, -0.1) is 0 Å². The second-order valence-electron chi connectivity index (χ2n) is 4.36. The summed E-state index contributed by atoms with van der Waals surface area (Å²) < 4.78 is 45.2. The number of rotatable bonds is 6. The van der Waals surface area contributed by atoms with Crippen LogP contribution in [0.1, 0.15) is 20.3 Å². The number of benzene rings is 1. The number of amides is 1. The first kappa shape index (κ1) is 17.8. The van der Waals surface area contributed by atoms with Crippen molar-refractivity contribution in [1.82, 2.24) is 5.32 Å². The van der Waals surface area contributed by atoms with Crippen molar-refractivity contribution in [2.24, 2.45) is 0 Å². The van der Waals surface area contributed by atoms with Crippen molar-refractivity contribution in [3.63, 3.8) is 0 Å². The molecule has 22 heavy (non-hydrogen) atoms. The molecule has 0 unspecified atom stereocenters. The molecule has 8 heteroatoms. The molecule has 0 aliphatic rings. The van der Waals surface area contributed by atoms with Gasteiger partial charge in [0, 0.05) is 12.1 Å². The first-order chi connectivity index (χ1) is 10.3. The van der Waals surface area contributed by atoms with Crippen LogP contribution in [0.5, 0.6) is 0 Å². The Morgan fingerprint density at radius 3 is 2.18 bits per heavy atom. The molecule has 0 spiro atoms. The van der Waals surface area contributed by atoms with Crippen molar-refractivity contribution in [1.29, 1.82) is 0 Å². The van der Waals surface area contributed by atoms with Gasteiger partial charge in [0.1, 0.15) is 0 Å². The minimum atomic E-state index is -5.10. The number of hydrogen-bond acceptors (Lipinski definition) is 4. The monoisotopic (exact) mass is 318 g/mol. The molecule has 1 atom stereocenters. The van der Waals surface area contributed by atoms with Crippen LogP contribution in [-0.2, 0) is 14.3 Å². The Hall–Kier alpha value is -2.25. The first-order valence-electron chi connectivity index (χ1n) is 6.65. The highest BCUT2D eigenvalue weighted by Gasteiger charge is 2.63. The lowest BCUT2D eigenvalue weighted by Crippen LogP contribution is -2.69. The number of ether oxygens (including phenoxy) is 1. The highest BCUT2D eigenvalue weighted by atomic mass is 19.4. The summed E-state index contributed by atoms with van der Waals surface area (Å²) in [6, 6.07) is 7.29. The highest BCUT2D eigenvalue weighted by Crippen LogP contribution is 2.33. The fourth-order valence-corrected chi connectivity index (χ4v) is 1.67. The summed E-state index contributed by atoms with van der Waals surface area (Å²) in [5, 5.41) is 3.75. The van der Waals surface area contributed by atoms with E-state index in [-0.39, 0.29) is 18.7 Å². The van der Waals surface area contributed by atoms with E-state index in [9.17, 15) is 22.8 Å². The van der Waals surface area contributed by atoms with Gasteiger partial charge in [-0.25, -0.2) is 4.79 Å². The van der Waals surface area contributed by atoms with Crippen LogP contribution in [-0.4, -0.2) is 30.3 Å². The Bertz CT molecular complexity index is 520. The molecule has 0 saturated carbocycles. The summed E-state index contributed by atoms with van der Waals surface area (Å²) >= 11 is 0. The van der Waals surface area contributed by atoms with Crippen LogP contribution in [0.2, 0.25) is 0 Å². The van der Waals surface area contributed by atoms with E-state index >= 15 is 0 Å². The Morgan fingerprint density at radius 2 is 1.73 bits per heavy atom. The quantitative estimate of drug-likeness (QED) is 0.624. The summed E-state index contributed by atoms with van der Waals surface area (Å²) in [6.45, 7) is 2.50. The van der Waals surface area contributed by atoms with Crippen molar-refractivity contribution < 1.29 is 27.5 Å². The van der Waals surface area contributed by atoms with Crippen LogP contribution in [0.4, 0.5) is 18.9 Å². The van der Waals surface area contributed by atoms with E-state index in [4.69, 9.17) is 0 Å². The van der Waals surface area contributed by atoms with Crippen LogP contribution >= 0.6 is 0 Å². The van der Waals surface area contributed by atoms with Gasteiger partial charge in [0.15, 0.2) is 0 Å². The van der Waals surface area contributed by atoms with Gasteiger partial charge in [-0.1, -0.05) is 25.1 Å². The summed E-state index contributed by atoms with van der Waals surface area (Å²) in [7, 11) is 0. The van der Waals surface area contributed by atoms with Gasteiger partial charge in [0.25, 0.3) is 0 Å². The molecule has 1 aromatic carbocycles. The van der Waals surface area contributed by atoms with E-state index in [1.807, 2.05) is 0 Å². The van der Waals surface area contributed by atoms with E-state index < -0.39 is 23.7 Å². The lowest BCUT2D eigenvalue weighted by Gasteiger charge is -2.35. The number of esters is 1. The maximum Gasteiger partial charge on any atom is 0.441 e. The first-order valence-corrected chi connectivity index (χ1v) is 6.65. The van der Waals surface area contributed by atoms with Gasteiger partial charge in [0.2, 0.25) is 5.91 Å². The molecule has 0 aliphatic carbocycles. The third-order valence-electron chi connectivity index (χ3n) is 2.76. The van der Waals surface area contributed by atoms with Gasteiger partial charge in [-0.3, -0.25) is 4.79 Å². The molecular formula is C14H17F3N2O3. The normalized spacial score (nSPS) is 13.9. The molecule has 1 aromatic rings. The van der Waals surface area contributed by atoms with Crippen LogP contribution in [0.25, 0.3) is 0 Å². The lowest BCUT2D eigenvalue weighted by atomic mass is 10.1. The largest absolute Gasteiger partial charge is 0.463 e. The number of anilines is 1. The molecule has 2 N–H and O–H groups in total. The molecular weight excluding hydrogens is 301 g/mol. The second kappa shape index (κ2) is 7.15. The number of carbonyl (C=O) groups is 2. The van der Waals surface area contributed by atoms with E-state index in [1.54, 1.807) is 11.4 Å². The van der Waals surface area contributed by atoms with E-state index in [0.29, 0.717) is 0 Å². The average molecular weight is 318 g/mol. The zero-order valence-corrected chi connectivity index (χ0v) is 12.2. The molecule has 0 radical (unpaired) electrons. The zero-order valence-electron chi connectivity index (χ0n) is 12.2. The second-order valence-corrected chi connectivity index (χ2v) is 4.36. The van der Waals surface area contributed by atoms with Crippen molar-refractivity contribution in [2.75, 3.05) is 11.9 Å². The number of para-hydroxylation sites is 1. The van der Waals surface area contributed by atoms with Crippen LogP contribution in [0.3, 0.4) is 0 Å². The van der Waals surface area contributed by atoms with Crippen LogP contribution in [0.15, 0.2) is 30.3 Å². The summed E-state index contributed by atoms with van der Waals surface area (Å²) in [5.74, 6) is -2.55. The number of hydrogen-bond donors (Lipinski definition) is 2. The average Bonchev–Trinajstić information content (AvgIpc) is 2.46. The molecule has 1 rings (SSSR count). The van der Waals surface area contributed by atoms with Crippen LogP contribution < -0.4 is 10.6 Å². The highest BCUT2D eigenvalue weighted by molar-refractivity contribution is 5.91. The number of nitrogens with one attached hydrogen (secondary N) is 2. The van der Waals surface area contributed by atoms with Gasteiger partial charge >= 0.3 is 17.8 Å². The van der Waals surface area contributed by atoms with Gasteiger partial charge < -0.3 is 15.4 Å². The third-order valence-corrected chi connectivity index (χ3v) is 2.76. The lowest BCUT2D eigenvalue weighted by molar-refractivity contribution is -0.207. The maximum absolute atomic E-state index is 13.6. The molecule has 122 valence electrons. The predicted molar refractivity (Wildman–Crippen MR) is 73.9 cm³/mol. The minimum absolute atomic E-state index is 0.0179. The van der Waals surface area contributed by atoms with Gasteiger partial charge in [0.05, 0.1) is 6.61 Å². The summed E-state index contributed by atoms with van der Waals surface area (Å²) in [4.78, 5) is 23.5. The third kappa shape index (κ3) is 3.90. The SMILES string of the molecule is CCOC(=O)[C@](NC(=O)CC)(Nc1ccccc1)C(F)(F)F. The Labute approximate surface area is 125 Å². The maximum atomic E-state index is 13.6. The topological polar surface area (TPSA) is 67.4 Å². The summed E-state index contributed by atoms with van der Waals surface area (Å²) in [5.41, 5.74) is -3.32. The zero-order chi connectivity index (χ0) is 16.8. The molecule has 0 bridgehead atoms. The standard InChI is InChI=1S/C14H17F3N2O3/c1-3-11(20)19-13(14(15,16)17,12(21)22-4-2)18-10-8-6-5-7-9-10/h5-9,18H,3-4H2,1-2H3,(H,19,20)/t13-/m1/s1. The van der Waals surface area contributed by atoms with Gasteiger partial charge in [-0.2, -0.15) is 13.2 Å². The molecule has 0 fully saturated rings.